The van der Waals surface area contributed by atoms with E-state index in [0.29, 0.717) is 0 Å². The van der Waals surface area contributed by atoms with Crippen molar-refractivity contribution >= 4 is 0 Å². The van der Waals surface area contributed by atoms with Gasteiger partial charge in [-0.15, -0.1) is 0 Å². The molecule has 2 atom stereocenters. The van der Waals surface area contributed by atoms with E-state index in [1.807, 2.05) is 0 Å². The zero-order valence-corrected chi connectivity index (χ0v) is 11.4. The van der Waals surface area contributed by atoms with Crippen LogP contribution in [0.4, 0.5) is 0 Å². The summed E-state index contributed by atoms with van der Waals surface area (Å²) in [5.74, 6) is 0. The first-order valence-electron chi connectivity index (χ1n) is 7.35. The minimum absolute atomic E-state index is 0.769. The summed E-state index contributed by atoms with van der Waals surface area (Å²) in [5.41, 5.74) is 3.17. The van der Waals surface area contributed by atoms with Crippen LogP contribution in [-0.4, -0.2) is 37.1 Å². The molecule has 0 radical (unpaired) electrons. The van der Waals surface area contributed by atoms with Crippen LogP contribution in [0.25, 0.3) is 0 Å². The normalized spacial score (nSPS) is 28.3. The molecule has 2 aliphatic rings. The van der Waals surface area contributed by atoms with E-state index in [1.54, 1.807) is 11.1 Å². The molecule has 1 fully saturated rings. The molecule has 98 valence electrons. The summed E-state index contributed by atoms with van der Waals surface area (Å²) in [6.45, 7) is 2.46. The number of rotatable bonds is 3. The van der Waals surface area contributed by atoms with Crippen LogP contribution in [0.1, 0.15) is 30.4 Å². The van der Waals surface area contributed by atoms with Crippen LogP contribution >= 0.6 is 0 Å². The number of aryl methyl sites for hydroxylation is 1. The minimum atomic E-state index is 0.769. The van der Waals surface area contributed by atoms with Crippen LogP contribution in [0.3, 0.4) is 0 Å². The molecule has 18 heavy (non-hydrogen) atoms. The summed E-state index contributed by atoms with van der Waals surface area (Å²) < 4.78 is 0. The molecule has 1 saturated heterocycles. The third-order valence-corrected chi connectivity index (χ3v) is 4.65. The second-order valence-corrected chi connectivity index (χ2v) is 5.76. The molecule has 0 aromatic heterocycles. The lowest BCUT2D eigenvalue weighted by Crippen LogP contribution is -2.45. The predicted molar refractivity (Wildman–Crippen MR) is 75.9 cm³/mol. The number of likely N-dealkylation sites (tertiary alicyclic amines) is 1. The van der Waals surface area contributed by atoms with Crippen LogP contribution in [0.15, 0.2) is 24.3 Å². The Kier molecular flexibility index (Phi) is 3.67. The molecule has 0 amide bonds. The molecule has 3 rings (SSSR count). The fraction of sp³-hybridized carbons (Fsp3) is 0.625. The third-order valence-electron chi connectivity index (χ3n) is 4.65. The number of hydrogen-bond donors (Lipinski definition) is 1. The van der Waals surface area contributed by atoms with E-state index in [0.717, 1.165) is 18.6 Å². The Morgan fingerprint density at radius 3 is 2.89 bits per heavy atom. The fourth-order valence-electron chi connectivity index (χ4n) is 3.76. The van der Waals surface area contributed by atoms with E-state index in [1.165, 1.54) is 38.6 Å². The minimum Gasteiger partial charge on any atom is -0.318 e. The number of likely N-dealkylation sites (N-methyl/N-ethyl adjacent to an activating group) is 1. The van der Waals surface area contributed by atoms with E-state index < -0.39 is 0 Å². The molecular weight excluding hydrogens is 220 g/mol. The highest BCUT2D eigenvalue weighted by molar-refractivity contribution is 5.30. The lowest BCUT2D eigenvalue weighted by atomic mass is 9.87. The van der Waals surface area contributed by atoms with Gasteiger partial charge >= 0.3 is 0 Å². The molecule has 2 unspecified atom stereocenters. The van der Waals surface area contributed by atoms with Crippen LogP contribution in [0.2, 0.25) is 0 Å². The second-order valence-electron chi connectivity index (χ2n) is 5.76. The van der Waals surface area contributed by atoms with Crippen molar-refractivity contribution in [3.8, 4) is 0 Å². The van der Waals surface area contributed by atoms with Crippen molar-refractivity contribution in [1.82, 2.24) is 10.2 Å². The van der Waals surface area contributed by atoms with E-state index in [9.17, 15) is 0 Å². The Labute approximate surface area is 110 Å². The van der Waals surface area contributed by atoms with Gasteiger partial charge in [-0.25, -0.2) is 0 Å². The zero-order valence-electron chi connectivity index (χ0n) is 11.4. The number of fused-ring (bicyclic) bond motifs is 1. The zero-order chi connectivity index (χ0) is 12.4. The molecule has 1 aromatic carbocycles. The maximum Gasteiger partial charge on any atom is 0.0224 e. The highest BCUT2D eigenvalue weighted by atomic mass is 15.2. The van der Waals surface area contributed by atoms with Crippen molar-refractivity contribution < 1.29 is 0 Å². The predicted octanol–water partition coefficient (Wildman–Crippen LogP) is 2.23. The van der Waals surface area contributed by atoms with Gasteiger partial charge in [-0.3, -0.25) is 4.90 Å². The van der Waals surface area contributed by atoms with Crippen molar-refractivity contribution in [2.45, 2.75) is 44.2 Å². The van der Waals surface area contributed by atoms with E-state index >= 15 is 0 Å². The van der Waals surface area contributed by atoms with E-state index in [-0.39, 0.29) is 0 Å². The molecule has 2 nitrogen and oxygen atoms in total. The average Bonchev–Trinajstić information content (AvgIpc) is 2.87. The van der Waals surface area contributed by atoms with Crippen molar-refractivity contribution in [3.05, 3.63) is 35.4 Å². The van der Waals surface area contributed by atoms with Gasteiger partial charge in [-0.2, -0.15) is 0 Å². The number of hydrogen-bond acceptors (Lipinski definition) is 2. The molecule has 0 saturated carbocycles. The first-order chi connectivity index (χ1) is 8.88. The number of nitrogens with zero attached hydrogens (tertiary/aromatic N) is 1. The quantitative estimate of drug-likeness (QED) is 0.877. The van der Waals surface area contributed by atoms with Crippen LogP contribution < -0.4 is 5.32 Å². The van der Waals surface area contributed by atoms with Crippen LogP contribution in [0, 0.1) is 0 Å². The second kappa shape index (κ2) is 5.41. The summed E-state index contributed by atoms with van der Waals surface area (Å²) in [5, 5.41) is 3.36. The van der Waals surface area contributed by atoms with Gasteiger partial charge in [0.1, 0.15) is 0 Å². The average molecular weight is 244 g/mol. The monoisotopic (exact) mass is 244 g/mol. The fourth-order valence-corrected chi connectivity index (χ4v) is 3.76. The van der Waals surface area contributed by atoms with Crippen LogP contribution in [0.5, 0.6) is 0 Å². The molecule has 1 aliphatic heterocycles. The van der Waals surface area contributed by atoms with Crippen LogP contribution in [-0.2, 0) is 12.8 Å². The Morgan fingerprint density at radius 1 is 1.22 bits per heavy atom. The topological polar surface area (TPSA) is 15.3 Å². The molecular formula is C16H24N2. The Bertz CT molecular complexity index is 402. The summed E-state index contributed by atoms with van der Waals surface area (Å²) >= 11 is 0. The first kappa shape index (κ1) is 12.2. The summed E-state index contributed by atoms with van der Waals surface area (Å²) in [4.78, 5) is 2.77. The highest BCUT2D eigenvalue weighted by Crippen LogP contribution is 2.29. The van der Waals surface area contributed by atoms with E-state index in [4.69, 9.17) is 0 Å². The van der Waals surface area contributed by atoms with Gasteiger partial charge in [-0.1, -0.05) is 24.3 Å². The van der Waals surface area contributed by atoms with Gasteiger partial charge in [0.2, 0.25) is 0 Å². The molecule has 2 heteroatoms. The molecule has 1 heterocycles. The molecule has 1 N–H and O–H groups in total. The van der Waals surface area contributed by atoms with Gasteiger partial charge in [0, 0.05) is 18.6 Å². The number of benzene rings is 1. The maximum absolute atomic E-state index is 3.36. The van der Waals surface area contributed by atoms with Crippen molar-refractivity contribution in [2.75, 3.05) is 20.1 Å². The van der Waals surface area contributed by atoms with E-state index in [2.05, 4.69) is 41.5 Å². The molecule has 1 aromatic rings. The Morgan fingerprint density at radius 2 is 2.06 bits per heavy atom. The third kappa shape index (κ3) is 2.32. The lowest BCUT2D eigenvalue weighted by Gasteiger charge is -2.36. The van der Waals surface area contributed by atoms with Gasteiger partial charge in [0.15, 0.2) is 0 Å². The SMILES string of the molecule is CNCC1CCCN1C1CCc2ccccc2C1. The molecule has 0 spiro atoms. The summed E-state index contributed by atoms with van der Waals surface area (Å²) in [6.07, 6.45) is 6.63. The standard InChI is InChI=1S/C16H24N2/c1-17-12-16-7-4-10-18(16)15-9-8-13-5-2-3-6-14(13)11-15/h2-3,5-6,15-17H,4,7-12H2,1H3. The smallest absolute Gasteiger partial charge is 0.0224 e. The van der Waals surface area contributed by atoms with Gasteiger partial charge in [0.05, 0.1) is 0 Å². The Balaban J connectivity index is 1.71. The van der Waals surface area contributed by atoms with Crippen molar-refractivity contribution in [1.29, 1.82) is 0 Å². The number of nitrogens with one attached hydrogen (secondary N) is 1. The van der Waals surface area contributed by atoms with Gasteiger partial charge in [-0.05, 0) is 56.8 Å². The van der Waals surface area contributed by atoms with Gasteiger partial charge in [0.25, 0.3) is 0 Å². The summed E-state index contributed by atoms with van der Waals surface area (Å²) in [6, 6.07) is 10.5. The van der Waals surface area contributed by atoms with Crippen molar-refractivity contribution in [2.24, 2.45) is 0 Å². The lowest BCUT2D eigenvalue weighted by molar-refractivity contribution is 0.163. The molecule has 0 bridgehead atoms. The first-order valence-corrected chi connectivity index (χ1v) is 7.35. The largest absolute Gasteiger partial charge is 0.318 e. The highest BCUT2D eigenvalue weighted by Gasteiger charge is 2.31. The van der Waals surface area contributed by atoms with Gasteiger partial charge < -0.3 is 5.32 Å². The Hall–Kier alpha value is -0.860. The summed E-state index contributed by atoms with van der Waals surface area (Å²) in [7, 11) is 2.08. The van der Waals surface area contributed by atoms with Crippen molar-refractivity contribution in [3.63, 3.8) is 0 Å². The molecule has 1 aliphatic carbocycles. The maximum atomic E-state index is 3.36.